The van der Waals surface area contributed by atoms with Gasteiger partial charge in [0.05, 0.1) is 11.3 Å². The number of hydrogen-bond acceptors (Lipinski definition) is 10. The fourth-order valence-corrected chi connectivity index (χ4v) is 5.29. The molecule has 2 fully saturated rings. The van der Waals surface area contributed by atoms with Crippen molar-refractivity contribution in [2.45, 2.75) is 38.3 Å². The molecule has 1 atom stereocenters. The number of aryl methyl sites for hydroxylation is 1. The predicted octanol–water partition coefficient (Wildman–Crippen LogP) is 3.16. The summed E-state index contributed by atoms with van der Waals surface area (Å²) in [5, 5.41) is 15.5. The number of rotatable bonds is 10. The Labute approximate surface area is 237 Å². The first-order valence-electron chi connectivity index (χ1n) is 13.2. The molecule has 1 aliphatic carbocycles. The first kappa shape index (κ1) is 27.4. The third-order valence-corrected chi connectivity index (χ3v) is 7.90. The highest BCUT2D eigenvalue weighted by Crippen LogP contribution is 2.26. The average Bonchev–Trinajstić information content (AvgIpc) is 3.56. The summed E-state index contributed by atoms with van der Waals surface area (Å²) in [7, 11) is 2.08. The van der Waals surface area contributed by atoms with Crippen LogP contribution in [0.4, 0.5) is 16.8 Å². The zero-order chi connectivity index (χ0) is 28.2. The molecule has 11 nitrogen and oxygen atoms in total. The van der Waals surface area contributed by atoms with Gasteiger partial charge in [-0.15, -0.1) is 11.3 Å². The number of carbonyl (C=O) groups is 2. The van der Waals surface area contributed by atoms with Crippen molar-refractivity contribution < 1.29 is 9.59 Å². The third kappa shape index (κ3) is 6.52. The summed E-state index contributed by atoms with van der Waals surface area (Å²) in [6, 6.07) is 7.33. The summed E-state index contributed by atoms with van der Waals surface area (Å²) in [4.78, 5) is 43.0. The molecule has 2 amide bonds. The SMILES string of the molecule is Cc1cnc(NC(=O)c2ccc(C(=N)c3c(N)ncnc3NC3CCN(C(=O)/C=C/CN(C)C4CC4)C3)cc2)s1. The molecule has 12 heteroatoms. The van der Waals surface area contributed by atoms with Crippen LogP contribution in [0.5, 0.6) is 0 Å². The van der Waals surface area contributed by atoms with Gasteiger partial charge in [-0.1, -0.05) is 18.2 Å². The van der Waals surface area contributed by atoms with E-state index in [4.69, 9.17) is 11.1 Å². The normalized spacial score (nSPS) is 17.0. The number of anilines is 3. The number of nitrogens with two attached hydrogens (primary N) is 1. The molecule has 1 unspecified atom stereocenters. The van der Waals surface area contributed by atoms with Gasteiger partial charge in [-0.05, 0) is 45.4 Å². The summed E-state index contributed by atoms with van der Waals surface area (Å²) in [6.07, 6.45) is 9.88. The van der Waals surface area contributed by atoms with E-state index in [0.717, 1.165) is 17.8 Å². The minimum atomic E-state index is -0.276. The van der Waals surface area contributed by atoms with Crippen molar-refractivity contribution in [1.29, 1.82) is 5.41 Å². The van der Waals surface area contributed by atoms with Crippen LogP contribution < -0.4 is 16.4 Å². The number of hydrogen-bond donors (Lipinski definition) is 4. The maximum absolute atomic E-state index is 12.7. The molecule has 5 N–H and O–H groups in total. The molecule has 40 heavy (non-hydrogen) atoms. The molecule has 0 spiro atoms. The van der Waals surface area contributed by atoms with Crippen LogP contribution in [0.1, 0.15) is 45.6 Å². The zero-order valence-electron chi connectivity index (χ0n) is 22.6. The average molecular weight is 560 g/mol. The molecule has 2 aromatic heterocycles. The predicted molar refractivity (Wildman–Crippen MR) is 157 cm³/mol. The van der Waals surface area contributed by atoms with E-state index in [9.17, 15) is 9.59 Å². The molecular formula is C28H33N9O2S. The number of nitrogen functional groups attached to an aromatic ring is 1. The lowest BCUT2D eigenvalue weighted by atomic mass is 10.0. The molecule has 2 aliphatic rings. The molecule has 3 heterocycles. The van der Waals surface area contributed by atoms with Gasteiger partial charge in [0, 0.05) is 60.0 Å². The van der Waals surface area contributed by atoms with Crippen LogP contribution in [0.2, 0.25) is 0 Å². The number of likely N-dealkylation sites (tertiary alicyclic amines) is 1. The van der Waals surface area contributed by atoms with E-state index < -0.39 is 0 Å². The van der Waals surface area contributed by atoms with E-state index in [1.165, 1.54) is 30.5 Å². The fourth-order valence-electron chi connectivity index (χ4n) is 4.63. The van der Waals surface area contributed by atoms with Crippen LogP contribution in [-0.4, -0.2) is 81.0 Å². The Kier molecular flexibility index (Phi) is 8.17. The second-order valence-electron chi connectivity index (χ2n) is 10.2. The monoisotopic (exact) mass is 559 g/mol. The molecule has 1 aliphatic heterocycles. The Morgan fingerprint density at radius 1 is 1.18 bits per heavy atom. The van der Waals surface area contributed by atoms with E-state index in [-0.39, 0.29) is 29.4 Å². The van der Waals surface area contributed by atoms with Gasteiger partial charge in [-0.3, -0.25) is 25.2 Å². The standard InChI is InChI=1S/C28H33N9O2S/c1-17-14-31-28(40-17)35-27(39)19-7-5-18(6-8-19)24(29)23-25(30)32-16-33-26(23)34-20-11-13-37(15-20)22(38)4-3-12-36(2)21-9-10-21/h3-8,14,16,20-21,29H,9-13,15H2,1-2H3,(H,31,35,39)(H3,30,32,33,34)/b4-3+,29-24?. The van der Waals surface area contributed by atoms with E-state index >= 15 is 0 Å². The van der Waals surface area contributed by atoms with Crippen molar-refractivity contribution in [3.05, 3.63) is 70.5 Å². The number of benzene rings is 1. The number of likely N-dealkylation sites (N-methyl/N-ethyl adjacent to an activating group) is 1. The molecular weight excluding hydrogens is 526 g/mol. The van der Waals surface area contributed by atoms with E-state index in [2.05, 4.69) is 37.5 Å². The van der Waals surface area contributed by atoms with E-state index in [1.54, 1.807) is 36.5 Å². The molecule has 1 saturated heterocycles. The first-order valence-corrected chi connectivity index (χ1v) is 14.1. The van der Waals surface area contributed by atoms with Crippen molar-refractivity contribution in [2.24, 2.45) is 0 Å². The van der Waals surface area contributed by atoms with Gasteiger partial charge in [0.15, 0.2) is 5.13 Å². The summed E-state index contributed by atoms with van der Waals surface area (Å²) in [5.74, 6) is 0.344. The Balaban J connectivity index is 1.22. The molecule has 3 aromatic rings. The van der Waals surface area contributed by atoms with Crippen molar-refractivity contribution in [1.82, 2.24) is 24.8 Å². The molecule has 208 valence electrons. The quantitative estimate of drug-likeness (QED) is 0.218. The van der Waals surface area contributed by atoms with Gasteiger partial charge < -0.3 is 16.0 Å². The molecule has 0 radical (unpaired) electrons. The second-order valence-corrected chi connectivity index (χ2v) is 11.4. The Bertz CT molecular complexity index is 1430. The van der Waals surface area contributed by atoms with Crippen LogP contribution >= 0.6 is 11.3 Å². The largest absolute Gasteiger partial charge is 0.383 e. The maximum Gasteiger partial charge on any atom is 0.257 e. The van der Waals surface area contributed by atoms with Crippen molar-refractivity contribution >= 4 is 45.6 Å². The van der Waals surface area contributed by atoms with Gasteiger partial charge in [0.2, 0.25) is 5.91 Å². The van der Waals surface area contributed by atoms with Crippen LogP contribution in [-0.2, 0) is 4.79 Å². The van der Waals surface area contributed by atoms with Gasteiger partial charge in [-0.25, -0.2) is 15.0 Å². The summed E-state index contributed by atoms with van der Waals surface area (Å²) in [5.41, 5.74) is 7.73. The molecule has 1 saturated carbocycles. The van der Waals surface area contributed by atoms with Crippen LogP contribution in [0.15, 0.2) is 48.9 Å². The number of carbonyl (C=O) groups excluding carboxylic acids is 2. The smallest absolute Gasteiger partial charge is 0.257 e. The number of nitrogens with one attached hydrogen (secondary N) is 3. The number of nitrogens with zero attached hydrogens (tertiary/aromatic N) is 5. The van der Waals surface area contributed by atoms with Crippen LogP contribution in [0.3, 0.4) is 0 Å². The molecule has 1 aromatic carbocycles. The summed E-state index contributed by atoms with van der Waals surface area (Å²) >= 11 is 1.40. The lowest BCUT2D eigenvalue weighted by Crippen LogP contribution is -2.31. The highest BCUT2D eigenvalue weighted by molar-refractivity contribution is 7.15. The zero-order valence-corrected chi connectivity index (χ0v) is 23.4. The fraction of sp³-hybridized carbons (Fsp3) is 0.357. The van der Waals surface area contributed by atoms with Crippen LogP contribution in [0, 0.1) is 12.3 Å². The number of amides is 2. The topological polar surface area (TPSA) is 153 Å². The Hall–Kier alpha value is -4.16. The van der Waals surface area contributed by atoms with Gasteiger partial charge in [0.25, 0.3) is 5.91 Å². The third-order valence-electron chi connectivity index (χ3n) is 7.07. The summed E-state index contributed by atoms with van der Waals surface area (Å²) in [6.45, 7) is 3.86. The van der Waals surface area contributed by atoms with E-state index in [1.807, 2.05) is 17.9 Å². The van der Waals surface area contributed by atoms with Gasteiger partial charge in [-0.2, -0.15) is 0 Å². The highest BCUT2D eigenvalue weighted by atomic mass is 32.1. The number of thiazole rings is 1. The lowest BCUT2D eigenvalue weighted by Gasteiger charge is -2.19. The second kappa shape index (κ2) is 11.9. The Morgan fingerprint density at radius 3 is 2.62 bits per heavy atom. The van der Waals surface area contributed by atoms with Crippen molar-refractivity contribution in [2.75, 3.05) is 43.0 Å². The maximum atomic E-state index is 12.7. The van der Waals surface area contributed by atoms with Crippen molar-refractivity contribution in [3.63, 3.8) is 0 Å². The van der Waals surface area contributed by atoms with Gasteiger partial charge >= 0.3 is 0 Å². The molecule has 0 bridgehead atoms. The van der Waals surface area contributed by atoms with Crippen LogP contribution in [0.25, 0.3) is 0 Å². The highest BCUT2D eigenvalue weighted by Gasteiger charge is 2.28. The summed E-state index contributed by atoms with van der Waals surface area (Å²) < 4.78 is 0. The van der Waals surface area contributed by atoms with Gasteiger partial charge in [0.1, 0.15) is 18.0 Å². The first-order chi connectivity index (χ1) is 19.3. The van der Waals surface area contributed by atoms with Crippen molar-refractivity contribution in [3.8, 4) is 0 Å². The minimum Gasteiger partial charge on any atom is -0.383 e. The lowest BCUT2D eigenvalue weighted by molar-refractivity contribution is -0.125. The Morgan fingerprint density at radius 2 is 1.93 bits per heavy atom. The molecule has 5 rings (SSSR count). The van der Waals surface area contributed by atoms with E-state index in [0.29, 0.717) is 46.8 Å². The number of aromatic nitrogens is 3. The minimum absolute atomic E-state index is 0.00205.